The summed E-state index contributed by atoms with van der Waals surface area (Å²) in [6.07, 6.45) is 0. The molecule has 7 nitrogen and oxygen atoms in total. The van der Waals surface area contributed by atoms with Crippen LogP contribution in [0, 0.1) is 0 Å². The van der Waals surface area contributed by atoms with E-state index in [9.17, 15) is 9.59 Å². The molecule has 0 aliphatic carbocycles. The van der Waals surface area contributed by atoms with Gasteiger partial charge in [-0.2, -0.15) is 0 Å². The Morgan fingerprint density at radius 2 is 2.17 bits per heavy atom. The molecule has 124 valence electrons. The van der Waals surface area contributed by atoms with E-state index in [1.807, 2.05) is 0 Å². The normalized spacial score (nSPS) is 14.3. The van der Waals surface area contributed by atoms with Crippen molar-refractivity contribution in [1.82, 2.24) is 4.90 Å². The predicted octanol–water partition coefficient (Wildman–Crippen LogP) is 1.06. The van der Waals surface area contributed by atoms with Crippen LogP contribution in [0.5, 0.6) is 0 Å². The van der Waals surface area contributed by atoms with Crippen LogP contribution in [0.1, 0.15) is 0 Å². The monoisotopic (exact) mass is 339 g/mol. The molecule has 1 aromatic carbocycles. The summed E-state index contributed by atoms with van der Waals surface area (Å²) in [5.74, 6) is -0.947. The van der Waals surface area contributed by atoms with Crippen molar-refractivity contribution in [3.05, 3.63) is 34.5 Å². The van der Waals surface area contributed by atoms with Crippen LogP contribution in [0.2, 0.25) is 5.02 Å². The molecule has 2 rings (SSSR count). The van der Waals surface area contributed by atoms with E-state index in [0.29, 0.717) is 16.4 Å². The number of ether oxygens (including phenoxy) is 1. The number of amides is 1. The average Bonchev–Trinajstić information content (AvgIpc) is 2.85. The van der Waals surface area contributed by atoms with Crippen molar-refractivity contribution in [2.75, 3.05) is 44.5 Å². The van der Waals surface area contributed by atoms with E-state index in [-0.39, 0.29) is 36.9 Å². The Labute approximate surface area is 138 Å². The van der Waals surface area contributed by atoms with Crippen LogP contribution in [0.15, 0.2) is 29.5 Å². The fourth-order valence-electron chi connectivity index (χ4n) is 2.32. The standard InChI is InChI=1S/C15H18ClN3O4/c1-17-12-7-9(16)3-4-11(12)18-13-10(15(22)23-2)8-19(5-6-20)14(13)21/h3-4,7,17-18,20H,5-6,8H2,1-2H3. The first-order valence-electron chi connectivity index (χ1n) is 6.97. The third-order valence-corrected chi connectivity index (χ3v) is 3.70. The zero-order valence-corrected chi connectivity index (χ0v) is 13.6. The molecule has 23 heavy (non-hydrogen) atoms. The minimum absolute atomic E-state index is 0.0941. The molecule has 1 aromatic rings. The zero-order chi connectivity index (χ0) is 17.0. The lowest BCUT2D eigenvalue weighted by Crippen LogP contribution is -2.31. The van der Waals surface area contributed by atoms with Crippen LogP contribution in [-0.4, -0.2) is 55.7 Å². The van der Waals surface area contributed by atoms with Gasteiger partial charge in [0.2, 0.25) is 0 Å². The average molecular weight is 340 g/mol. The van der Waals surface area contributed by atoms with Gasteiger partial charge in [0.25, 0.3) is 5.91 Å². The summed E-state index contributed by atoms with van der Waals surface area (Å²) < 4.78 is 4.74. The van der Waals surface area contributed by atoms with Crippen molar-refractivity contribution in [2.24, 2.45) is 0 Å². The fourth-order valence-corrected chi connectivity index (χ4v) is 2.49. The first-order valence-corrected chi connectivity index (χ1v) is 7.35. The van der Waals surface area contributed by atoms with Crippen molar-refractivity contribution in [1.29, 1.82) is 0 Å². The lowest BCUT2D eigenvalue weighted by Gasteiger charge is -2.16. The van der Waals surface area contributed by atoms with Crippen molar-refractivity contribution in [2.45, 2.75) is 0 Å². The highest BCUT2D eigenvalue weighted by molar-refractivity contribution is 6.31. The Bertz CT molecular complexity index is 660. The molecule has 0 aromatic heterocycles. The van der Waals surface area contributed by atoms with Crippen LogP contribution >= 0.6 is 11.6 Å². The second-order valence-electron chi connectivity index (χ2n) is 4.86. The van der Waals surface area contributed by atoms with Gasteiger partial charge in [-0.1, -0.05) is 11.6 Å². The van der Waals surface area contributed by atoms with E-state index in [2.05, 4.69) is 10.6 Å². The highest BCUT2D eigenvalue weighted by Gasteiger charge is 2.34. The van der Waals surface area contributed by atoms with Gasteiger partial charge in [0.1, 0.15) is 5.70 Å². The number of nitrogens with one attached hydrogen (secondary N) is 2. The number of esters is 1. The molecule has 0 spiro atoms. The van der Waals surface area contributed by atoms with E-state index in [4.69, 9.17) is 21.4 Å². The van der Waals surface area contributed by atoms with Crippen LogP contribution in [0.4, 0.5) is 11.4 Å². The molecule has 0 saturated heterocycles. The van der Waals surface area contributed by atoms with Gasteiger partial charge in [-0.25, -0.2) is 4.79 Å². The molecule has 1 aliphatic heterocycles. The number of halogens is 1. The molecule has 0 atom stereocenters. The van der Waals surface area contributed by atoms with Gasteiger partial charge in [0.15, 0.2) is 0 Å². The number of aliphatic hydroxyl groups excluding tert-OH is 1. The van der Waals surface area contributed by atoms with Crippen molar-refractivity contribution in [3.8, 4) is 0 Å². The van der Waals surface area contributed by atoms with E-state index in [1.54, 1.807) is 25.2 Å². The number of β-amino-alcohol motifs (C(OH)–C–C–N with tert-alkyl or cyclic N) is 1. The number of nitrogens with zero attached hydrogens (tertiary/aromatic N) is 1. The Kier molecular flexibility index (Phi) is 5.46. The zero-order valence-electron chi connectivity index (χ0n) is 12.9. The van der Waals surface area contributed by atoms with E-state index >= 15 is 0 Å². The number of anilines is 2. The number of carbonyl (C=O) groups is 2. The Morgan fingerprint density at radius 1 is 1.43 bits per heavy atom. The van der Waals surface area contributed by atoms with Crippen LogP contribution in [-0.2, 0) is 14.3 Å². The molecule has 0 unspecified atom stereocenters. The molecule has 3 N–H and O–H groups in total. The molecule has 1 aliphatic rings. The third-order valence-electron chi connectivity index (χ3n) is 3.46. The largest absolute Gasteiger partial charge is 0.466 e. The number of aliphatic hydroxyl groups is 1. The molecule has 1 amide bonds. The van der Waals surface area contributed by atoms with Gasteiger partial charge in [0.05, 0.1) is 37.2 Å². The summed E-state index contributed by atoms with van der Waals surface area (Å²) in [5, 5.41) is 15.5. The minimum atomic E-state index is -0.582. The molecular formula is C15H18ClN3O4. The first kappa shape index (κ1) is 17.1. The first-order chi connectivity index (χ1) is 11.0. The van der Waals surface area contributed by atoms with Crippen molar-refractivity contribution >= 4 is 34.9 Å². The summed E-state index contributed by atoms with van der Waals surface area (Å²) in [6.45, 7) is 0.0526. The number of hydrogen-bond acceptors (Lipinski definition) is 6. The molecule has 0 radical (unpaired) electrons. The maximum Gasteiger partial charge on any atom is 0.337 e. The lowest BCUT2D eigenvalue weighted by atomic mass is 10.2. The van der Waals surface area contributed by atoms with Gasteiger partial charge < -0.3 is 25.4 Å². The van der Waals surface area contributed by atoms with Crippen molar-refractivity contribution in [3.63, 3.8) is 0 Å². The Hall–Kier alpha value is -2.25. The molecule has 8 heteroatoms. The maximum atomic E-state index is 12.4. The third kappa shape index (κ3) is 3.57. The SMILES string of the molecule is CNc1cc(Cl)ccc1NC1=C(C(=O)OC)CN(CCO)C1=O. The smallest absolute Gasteiger partial charge is 0.337 e. The van der Waals surface area contributed by atoms with E-state index in [1.165, 1.54) is 12.0 Å². The van der Waals surface area contributed by atoms with Crippen LogP contribution in [0.25, 0.3) is 0 Å². The number of carbonyl (C=O) groups excluding carboxylic acids is 2. The topological polar surface area (TPSA) is 90.9 Å². The molecule has 1 heterocycles. The van der Waals surface area contributed by atoms with Gasteiger partial charge in [-0.05, 0) is 18.2 Å². The van der Waals surface area contributed by atoms with Gasteiger partial charge in [0, 0.05) is 18.6 Å². The van der Waals surface area contributed by atoms with E-state index in [0.717, 1.165) is 0 Å². The van der Waals surface area contributed by atoms with Gasteiger partial charge in [-0.15, -0.1) is 0 Å². The molecule has 0 bridgehead atoms. The lowest BCUT2D eigenvalue weighted by molar-refractivity contribution is -0.136. The summed E-state index contributed by atoms with van der Waals surface area (Å²) in [5.41, 5.74) is 1.65. The second kappa shape index (κ2) is 7.34. The van der Waals surface area contributed by atoms with Gasteiger partial charge in [-0.3, -0.25) is 4.79 Å². The number of methoxy groups -OCH3 is 1. The predicted molar refractivity (Wildman–Crippen MR) is 87.3 cm³/mol. The molecule has 0 saturated carbocycles. The fraction of sp³-hybridized carbons (Fsp3) is 0.333. The highest BCUT2D eigenvalue weighted by atomic mass is 35.5. The van der Waals surface area contributed by atoms with Crippen LogP contribution in [0.3, 0.4) is 0 Å². The summed E-state index contributed by atoms with van der Waals surface area (Å²) in [4.78, 5) is 25.7. The summed E-state index contributed by atoms with van der Waals surface area (Å²) in [7, 11) is 2.98. The quantitative estimate of drug-likeness (QED) is 0.671. The Morgan fingerprint density at radius 3 is 2.78 bits per heavy atom. The number of rotatable bonds is 6. The highest BCUT2D eigenvalue weighted by Crippen LogP contribution is 2.29. The number of benzene rings is 1. The van der Waals surface area contributed by atoms with Crippen molar-refractivity contribution < 1.29 is 19.4 Å². The Balaban J connectivity index is 2.37. The summed E-state index contributed by atoms with van der Waals surface area (Å²) in [6, 6.07) is 5.08. The van der Waals surface area contributed by atoms with Gasteiger partial charge >= 0.3 is 5.97 Å². The molecular weight excluding hydrogens is 322 g/mol. The molecule has 0 fully saturated rings. The minimum Gasteiger partial charge on any atom is -0.466 e. The van der Waals surface area contributed by atoms with Crippen LogP contribution < -0.4 is 10.6 Å². The maximum absolute atomic E-state index is 12.4. The summed E-state index contributed by atoms with van der Waals surface area (Å²) >= 11 is 5.95. The number of hydrogen-bond donors (Lipinski definition) is 3. The van der Waals surface area contributed by atoms with E-state index < -0.39 is 5.97 Å². The second-order valence-corrected chi connectivity index (χ2v) is 5.30.